The molecule has 1 aromatic carbocycles. The quantitative estimate of drug-likeness (QED) is 0.340. The highest BCUT2D eigenvalue weighted by Crippen LogP contribution is 2.27. The van der Waals surface area contributed by atoms with Crippen LogP contribution in [-0.4, -0.2) is 10.8 Å². The van der Waals surface area contributed by atoms with Crippen LogP contribution in [0.2, 0.25) is 5.02 Å². The largest absolute Gasteiger partial charge is 0.384 e. The summed E-state index contributed by atoms with van der Waals surface area (Å²) in [6, 6.07) is 2.66. The average molecular weight is 214 g/mol. The van der Waals surface area contributed by atoms with Crippen LogP contribution in [0.3, 0.4) is 0 Å². The van der Waals surface area contributed by atoms with Crippen LogP contribution in [0.4, 0.5) is 5.69 Å². The molecule has 0 fully saturated rings. The summed E-state index contributed by atoms with van der Waals surface area (Å²) in [7, 11) is 0. The third-order valence-electron chi connectivity index (χ3n) is 1.85. The summed E-state index contributed by atoms with van der Waals surface area (Å²) in [5.41, 5.74) is 5.71. The van der Waals surface area contributed by atoms with Crippen molar-refractivity contribution >= 4 is 23.1 Å². The molecule has 0 unspecified atom stereocenters. The minimum atomic E-state index is -0.530. The van der Waals surface area contributed by atoms with Crippen LogP contribution in [0.15, 0.2) is 12.1 Å². The molecule has 0 aromatic heterocycles. The Morgan fingerprint density at radius 3 is 2.64 bits per heavy atom. The summed E-state index contributed by atoms with van der Waals surface area (Å²) in [4.78, 5) is 10.0. The first-order valence-corrected chi connectivity index (χ1v) is 4.11. The molecule has 74 valence electrons. The van der Waals surface area contributed by atoms with Gasteiger partial charge in [-0.2, -0.15) is 0 Å². The number of nitrogens with two attached hydrogens (primary N) is 1. The number of nitro groups is 1. The van der Waals surface area contributed by atoms with Crippen molar-refractivity contribution in [3.63, 3.8) is 0 Å². The van der Waals surface area contributed by atoms with Gasteiger partial charge in [0, 0.05) is 17.2 Å². The molecular weight excluding hydrogens is 206 g/mol. The van der Waals surface area contributed by atoms with E-state index in [1.54, 1.807) is 0 Å². The van der Waals surface area contributed by atoms with Gasteiger partial charge in [0.05, 0.1) is 9.95 Å². The van der Waals surface area contributed by atoms with E-state index < -0.39 is 4.92 Å². The molecule has 6 heteroatoms. The van der Waals surface area contributed by atoms with E-state index in [4.69, 9.17) is 22.7 Å². The van der Waals surface area contributed by atoms with Crippen molar-refractivity contribution in [2.75, 3.05) is 0 Å². The highest BCUT2D eigenvalue weighted by molar-refractivity contribution is 6.34. The van der Waals surface area contributed by atoms with Crippen LogP contribution in [0, 0.1) is 22.4 Å². The zero-order valence-corrected chi connectivity index (χ0v) is 8.13. The van der Waals surface area contributed by atoms with Crippen LogP contribution in [-0.2, 0) is 0 Å². The molecule has 0 aliphatic carbocycles. The first-order valence-electron chi connectivity index (χ1n) is 3.73. The van der Waals surface area contributed by atoms with Gasteiger partial charge in [0.2, 0.25) is 0 Å². The van der Waals surface area contributed by atoms with Gasteiger partial charge < -0.3 is 5.73 Å². The second-order valence-electron chi connectivity index (χ2n) is 2.74. The molecule has 5 nitrogen and oxygen atoms in total. The summed E-state index contributed by atoms with van der Waals surface area (Å²) in [6.07, 6.45) is 0. The summed E-state index contributed by atoms with van der Waals surface area (Å²) in [6.45, 7) is 1.51. The molecule has 0 aliphatic heterocycles. The Hall–Kier alpha value is -1.62. The number of rotatable bonds is 2. The van der Waals surface area contributed by atoms with E-state index in [-0.39, 0.29) is 22.1 Å². The van der Waals surface area contributed by atoms with Crippen LogP contribution in [0.25, 0.3) is 0 Å². The molecule has 0 heterocycles. The fraction of sp³-hybridized carbons (Fsp3) is 0.125. The molecule has 0 aliphatic rings. The van der Waals surface area contributed by atoms with Crippen molar-refractivity contribution in [2.24, 2.45) is 5.73 Å². The number of hydrogen-bond donors (Lipinski definition) is 2. The summed E-state index contributed by atoms with van der Waals surface area (Å²) in [5.74, 6) is -0.267. The number of amidine groups is 1. The number of nitrogens with zero attached hydrogens (tertiary/aromatic N) is 1. The second kappa shape index (κ2) is 3.63. The Bertz CT molecular complexity index is 417. The third-order valence-corrected chi connectivity index (χ3v) is 2.17. The highest BCUT2D eigenvalue weighted by Gasteiger charge is 2.17. The summed E-state index contributed by atoms with van der Waals surface area (Å²) in [5, 5.41) is 18.0. The van der Waals surface area contributed by atoms with Gasteiger partial charge in [-0.25, -0.2) is 0 Å². The van der Waals surface area contributed by atoms with Gasteiger partial charge in [0.15, 0.2) is 0 Å². The minimum absolute atomic E-state index is 0.0837. The van der Waals surface area contributed by atoms with Gasteiger partial charge in [-0.05, 0) is 13.0 Å². The fourth-order valence-electron chi connectivity index (χ4n) is 1.20. The van der Waals surface area contributed by atoms with E-state index in [0.717, 1.165) is 0 Å². The molecule has 0 saturated carbocycles. The predicted octanol–water partition coefficient (Wildman–Crippen LogP) is 1.84. The number of hydrogen-bond acceptors (Lipinski definition) is 3. The predicted molar refractivity (Wildman–Crippen MR) is 53.9 cm³/mol. The van der Waals surface area contributed by atoms with E-state index in [1.165, 1.54) is 19.1 Å². The van der Waals surface area contributed by atoms with Crippen molar-refractivity contribution in [2.45, 2.75) is 6.92 Å². The lowest BCUT2D eigenvalue weighted by atomic mass is 10.1. The molecule has 0 saturated heterocycles. The van der Waals surface area contributed by atoms with Crippen molar-refractivity contribution in [1.82, 2.24) is 0 Å². The average Bonchev–Trinajstić information content (AvgIpc) is 2.02. The molecule has 0 spiro atoms. The molecule has 3 N–H and O–H groups in total. The van der Waals surface area contributed by atoms with E-state index in [0.29, 0.717) is 5.56 Å². The Morgan fingerprint density at radius 1 is 1.64 bits per heavy atom. The monoisotopic (exact) mass is 213 g/mol. The SMILES string of the molecule is Cc1c([N+](=O)[O-])ccc(Cl)c1C(=N)N. The number of halogens is 1. The van der Waals surface area contributed by atoms with E-state index in [1.807, 2.05) is 0 Å². The Kier molecular flexibility index (Phi) is 2.71. The lowest BCUT2D eigenvalue weighted by molar-refractivity contribution is -0.385. The number of nitrogen functional groups attached to an aromatic ring is 1. The van der Waals surface area contributed by atoms with Crippen molar-refractivity contribution in [3.05, 3.63) is 38.4 Å². The van der Waals surface area contributed by atoms with E-state index in [2.05, 4.69) is 0 Å². The zero-order chi connectivity index (χ0) is 10.9. The maximum Gasteiger partial charge on any atom is 0.273 e. The van der Waals surface area contributed by atoms with Gasteiger partial charge in [0.25, 0.3) is 5.69 Å². The van der Waals surface area contributed by atoms with Gasteiger partial charge in [-0.15, -0.1) is 0 Å². The molecule has 1 rings (SSSR count). The molecule has 0 radical (unpaired) electrons. The molecule has 0 atom stereocenters. The standard InChI is InChI=1S/C8H8ClN3O2/c1-4-6(12(13)14)3-2-5(9)7(4)8(10)11/h2-3H,1H3,(H3,10,11). The van der Waals surface area contributed by atoms with Crippen molar-refractivity contribution in [3.8, 4) is 0 Å². The maximum atomic E-state index is 10.6. The van der Waals surface area contributed by atoms with Gasteiger partial charge in [-0.3, -0.25) is 15.5 Å². The highest BCUT2D eigenvalue weighted by atomic mass is 35.5. The smallest absolute Gasteiger partial charge is 0.273 e. The Balaban J connectivity index is 3.49. The van der Waals surface area contributed by atoms with Gasteiger partial charge >= 0.3 is 0 Å². The first-order chi connectivity index (χ1) is 6.45. The number of nitro benzene ring substituents is 1. The molecule has 14 heavy (non-hydrogen) atoms. The van der Waals surface area contributed by atoms with Crippen LogP contribution >= 0.6 is 11.6 Å². The van der Waals surface area contributed by atoms with Gasteiger partial charge in [-0.1, -0.05) is 11.6 Å². The van der Waals surface area contributed by atoms with Crippen LogP contribution in [0.5, 0.6) is 0 Å². The number of nitrogens with one attached hydrogen (secondary N) is 1. The Morgan fingerprint density at radius 2 is 2.21 bits per heavy atom. The summed E-state index contributed by atoms with van der Waals surface area (Å²) < 4.78 is 0. The van der Waals surface area contributed by atoms with Crippen molar-refractivity contribution in [1.29, 1.82) is 5.41 Å². The molecule has 0 bridgehead atoms. The van der Waals surface area contributed by atoms with Crippen molar-refractivity contribution < 1.29 is 4.92 Å². The normalized spacial score (nSPS) is 9.86. The van der Waals surface area contributed by atoms with E-state index in [9.17, 15) is 10.1 Å². The third kappa shape index (κ3) is 1.67. The van der Waals surface area contributed by atoms with Crippen LogP contribution in [0.1, 0.15) is 11.1 Å². The topological polar surface area (TPSA) is 93.0 Å². The lowest BCUT2D eigenvalue weighted by Crippen LogP contribution is -2.14. The first kappa shape index (κ1) is 10.5. The lowest BCUT2D eigenvalue weighted by Gasteiger charge is -2.06. The van der Waals surface area contributed by atoms with Gasteiger partial charge in [0.1, 0.15) is 5.84 Å². The van der Waals surface area contributed by atoms with Crippen LogP contribution < -0.4 is 5.73 Å². The molecule has 1 aromatic rings. The molecule has 0 amide bonds. The number of benzene rings is 1. The summed E-state index contributed by atoms with van der Waals surface area (Å²) >= 11 is 5.76. The minimum Gasteiger partial charge on any atom is -0.384 e. The fourth-order valence-corrected chi connectivity index (χ4v) is 1.50. The van der Waals surface area contributed by atoms with E-state index >= 15 is 0 Å². The Labute approximate surface area is 85.1 Å². The second-order valence-corrected chi connectivity index (χ2v) is 3.14. The zero-order valence-electron chi connectivity index (χ0n) is 7.37. The molecular formula is C8H8ClN3O2. The maximum absolute atomic E-state index is 10.6.